The summed E-state index contributed by atoms with van der Waals surface area (Å²) in [6.45, 7) is 0. The lowest BCUT2D eigenvalue weighted by Crippen LogP contribution is -2.31. The van der Waals surface area contributed by atoms with E-state index in [1.165, 1.54) is 59.4 Å². The van der Waals surface area contributed by atoms with Gasteiger partial charge in [-0.25, -0.2) is 0 Å². The predicted molar refractivity (Wildman–Crippen MR) is 437 cm³/mol. The predicted octanol–water partition coefficient (Wildman–Crippen LogP) is 23.0. The first-order valence-corrected chi connectivity index (χ1v) is 38.7. The first-order chi connectivity index (χ1) is 50.8. The Kier molecular flexibility index (Phi) is 14.1. The molecule has 19 aromatic rings. The molecule has 1 atom stereocenters. The minimum atomic E-state index is -3.49. The Morgan fingerprint density at radius 2 is 0.650 bits per heavy atom. The quantitative estimate of drug-likeness (QED) is 0.0737. The first kappa shape index (κ1) is 60.6. The van der Waals surface area contributed by atoms with Crippen LogP contribution in [-0.4, -0.2) is 4.98 Å². The molecule has 0 fully saturated rings. The molecule has 18 aromatic carbocycles. The summed E-state index contributed by atoms with van der Waals surface area (Å²) in [5.41, 5.74) is 12.0. The summed E-state index contributed by atoms with van der Waals surface area (Å²) in [5, 5.41) is 23.2. The van der Waals surface area contributed by atoms with Crippen LogP contribution in [0.2, 0.25) is 0 Å². The van der Waals surface area contributed by atoms with Gasteiger partial charge in [-0.05, 0) is 190 Å². The minimum absolute atomic E-state index is 0.681. The summed E-state index contributed by atoms with van der Waals surface area (Å²) in [7, 11) is -6.80. The third-order valence-corrected chi connectivity index (χ3v) is 28.1. The molecule has 0 amide bonds. The summed E-state index contributed by atoms with van der Waals surface area (Å²) in [4.78, 5) is 5.36. The van der Waals surface area contributed by atoms with Crippen LogP contribution in [0, 0.1) is 0 Å². The van der Waals surface area contributed by atoms with Gasteiger partial charge in [0, 0.05) is 43.6 Å². The Hall–Kier alpha value is -12.4. The zero-order chi connectivity index (χ0) is 68.4. The van der Waals surface area contributed by atoms with Crippen LogP contribution in [0.3, 0.4) is 0 Å². The summed E-state index contributed by atoms with van der Waals surface area (Å²) in [6, 6.07) is 134. The van der Waals surface area contributed by atoms with E-state index in [9.17, 15) is 0 Å². The fraction of sp³-hybridized carbons (Fsp3) is 0.0102. The molecule has 0 saturated heterocycles. The van der Waals surface area contributed by atoms with E-state index in [1.54, 1.807) is 0 Å². The summed E-state index contributed by atoms with van der Waals surface area (Å²) < 4.78 is 32.6. The Bertz CT molecular complexity index is 6690. The second kappa shape index (κ2) is 23.9. The number of nitrogens with zero attached hydrogens (tertiary/aromatic N) is 1. The number of fused-ring (bicyclic) bond motifs is 15. The molecule has 1 heterocycles. The van der Waals surface area contributed by atoms with Gasteiger partial charge in [-0.3, -0.25) is 4.98 Å². The highest BCUT2D eigenvalue weighted by molar-refractivity contribution is 7.85. The SMILES string of the molecule is O=P(c1ccccc1)(c1ccccc1)c1ccc(-c2c3ccc4ccccc4c3cc3ccc4cc(-c5cccc(C6(c7ccccc7)c7cc(-c8c9ccc%10ccccc%10c9cc9ccc%10ccccc%10c89)ccc7-c7ccc(P(=O)(c8ccccc8)c8ccccc8)cc76)c5)ccc4c23)nc1. The Labute approximate surface area is 597 Å². The van der Waals surface area contributed by atoms with Crippen molar-refractivity contribution >= 4 is 132 Å². The number of benzene rings is 18. The van der Waals surface area contributed by atoms with Gasteiger partial charge < -0.3 is 9.13 Å². The molecular formula is C98H63NO2P2. The van der Waals surface area contributed by atoms with E-state index >= 15 is 9.13 Å². The zero-order valence-electron chi connectivity index (χ0n) is 56.0. The molecule has 0 saturated carbocycles. The largest absolute Gasteiger partial charge is 0.309 e. The summed E-state index contributed by atoms with van der Waals surface area (Å²) in [6.07, 6.45) is 1.85. The fourth-order valence-corrected chi connectivity index (χ4v) is 22.6. The summed E-state index contributed by atoms with van der Waals surface area (Å²) >= 11 is 0. The van der Waals surface area contributed by atoms with Crippen molar-refractivity contribution in [2.24, 2.45) is 0 Å². The smallest absolute Gasteiger partial charge is 0.172 e. The van der Waals surface area contributed by atoms with E-state index < -0.39 is 19.7 Å². The number of rotatable bonds is 11. The van der Waals surface area contributed by atoms with Gasteiger partial charge in [0.05, 0.1) is 11.1 Å². The van der Waals surface area contributed by atoms with Gasteiger partial charge in [-0.15, -0.1) is 0 Å². The normalized spacial score (nSPS) is 13.7. The first-order valence-electron chi connectivity index (χ1n) is 35.3. The lowest BCUT2D eigenvalue weighted by molar-refractivity contribution is 0.591. The van der Waals surface area contributed by atoms with Crippen molar-refractivity contribution in [3.8, 4) is 44.6 Å². The maximum absolute atomic E-state index is 16.8. The van der Waals surface area contributed by atoms with Crippen molar-refractivity contribution in [3.63, 3.8) is 0 Å². The van der Waals surface area contributed by atoms with Gasteiger partial charge in [0.2, 0.25) is 0 Å². The van der Waals surface area contributed by atoms with Gasteiger partial charge in [-0.2, -0.15) is 0 Å². The molecule has 20 rings (SSSR count). The van der Waals surface area contributed by atoms with Crippen LogP contribution < -0.4 is 31.8 Å². The highest BCUT2D eigenvalue weighted by Gasteiger charge is 2.48. The Morgan fingerprint density at radius 3 is 1.23 bits per heavy atom. The van der Waals surface area contributed by atoms with Gasteiger partial charge >= 0.3 is 0 Å². The Morgan fingerprint density at radius 1 is 0.233 bits per heavy atom. The molecule has 1 aliphatic carbocycles. The van der Waals surface area contributed by atoms with Gasteiger partial charge in [0.25, 0.3) is 0 Å². The number of pyridine rings is 1. The maximum Gasteiger partial charge on any atom is 0.172 e. The molecule has 1 aromatic heterocycles. The number of hydrogen-bond donors (Lipinski definition) is 0. The molecule has 5 heteroatoms. The van der Waals surface area contributed by atoms with Crippen LogP contribution in [0.5, 0.6) is 0 Å². The van der Waals surface area contributed by atoms with E-state index in [0.717, 1.165) is 120 Å². The second-order valence-electron chi connectivity index (χ2n) is 27.4. The van der Waals surface area contributed by atoms with Crippen molar-refractivity contribution in [3.05, 3.63) is 405 Å². The zero-order valence-corrected chi connectivity index (χ0v) is 57.8. The average molecular weight is 1350 g/mol. The van der Waals surface area contributed by atoms with E-state index in [2.05, 4.69) is 249 Å². The summed E-state index contributed by atoms with van der Waals surface area (Å²) in [5.74, 6) is 0. The maximum atomic E-state index is 16.8. The van der Waals surface area contributed by atoms with Crippen molar-refractivity contribution in [1.82, 2.24) is 4.98 Å². The van der Waals surface area contributed by atoms with Crippen molar-refractivity contribution in [2.75, 3.05) is 0 Å². The van der Waals surface area contributed by atoms with Crippen LogP contribution in [0.4, 0.5) is 0 Å². The van der Waals surface area contributed by atoms with Crippen LogP contribution in [0.15, 0.2) is 382 Å². The molecule has 0 spiro atoms. The molecule has 0 radical (unpaired) electrons. The third kappa shape index (κ3) is 9.33. The fourth-order valence-electron chi connectivity index (χ4n) is 17.3. The number of hydrogen-bond acceptors (Lipinski definition) is 3. The van der Waals surface area contributed by atoms with Crippen LogP contribution in [0.1, 0.15) is 22.3 Å². The van der Waals surface area contributed by atoms with Gasteiger partial charge in [0.1, 0.15) is 0 Å². The standard InChI is InChI=1S/C98H63NO2P2/c100-102(75-30-8-2-9-31-75,76-32-10-3-11-33-76)79-49-55-86-85-52-48-72(96-87-53-45-64-23-16-19-38-81(64)89(87)59-70-43-41-66-25-18-21-40-83(66)94(70)96)61-91(85)98(92(86)62-79,73-27-6-1-7-28-73)74-29-22-26-67(58-74)68-47-51-84-69(57-68)42-44-71-60-90-82-39-20-17-24-65(82)46-54-88(90)97(95(71)84)93-56-50-80(63-99-93)103(101,77-34-12-4-13-35-77)78-36-14-5-15-37-78/h1-63H. The van der Waals surface area contributed by atoms with Crippen molar-refractivity contribution < 1.29 is 9.13 Å². The van der Waals surface area contributed by atoms with Crippen LogP contribution in [0.25, 0.3) is 131 Å². The highest BCUT2D eigenvalue weighted by atomic mass is 31.2. The Balaban J connectivity index is 0.815. The van der Waals surface area contributed by atoms with Gasteiger partial charge in [-0.1, -0.05) is 328 Å². The van der Waals surface area contributed by atoms with Gasteiger partial charge in [0.15, 0.2) is 14.3 Å². The molecule has 0 N–H and O–H groups in total. The van der Waals surface area contributed by atoms with E-state index in [1.807, 2.05) is 134 Å². The lowest BCUT2D eigenvalue weighted by Gasteiger charge is -2.35. The molecule has 1 aliphatic rings. The third-order valence-electron chi connectivity index (χ3n) is 22.0. The number of aromatic nitrogens is 1. The molecule has 482 valence electrons. The molecular weight excluding hydrogens is 1290 g/mol. The molecule has 103 heavy (non-hydrogen) atoms. The van der Waals surface area contributed by atoms with E-state index in [-0.39, 0.29) is 0 Å². The molecule has 0 bridgehead atoms. The van der Waals surface area contributed by atoms with Crippen LogP contribution >= 0.6 is 14.3 Å². The van der Waals surface area contributed by atoms with Crippen molar-refractivity contribution in [2.45, 2.75) is 5.41 Å². The lowest BCUT2D eigenvalue weighted by atomic mass is 9.67. The monoisotopic (exact) mass is 1350 g/mol. The molecule has 1 unspecified atom stereocenters. The molecule has 3 nitrogen and oxygen atoms in total. The van der Waals surface area contributed by atoms with Crippen LogP contribution in [-0.2, 0) is 14.5 Å². The van der Waals surface area contributed by atoms with Crippen molar-refractivity contribution in [1.29, 1.82) is 0 Å². The topological polar surface area (TPSA) is 47.0 Å². The average Bonchev–Trinajstić information content (AvgIpc) is 1.55. The second-order valence-corrected chi connectivity index (χ2v) is 32.9. The van der Waals surface area contributed by atoms with E-state index in [4.69, 9.17) is 4.98 Å². The molecule has 0 aliphatic heterocycles. The highest BCUT2D eigenvalue weighted by Crippen LogP contribution is 2.59. The van der Waals surface area contributed by atoms with E-state index in [0.29, 0.717) is 5.30 Å². The minimum Gasteiger partial charge on any atom is -0.309 e.